The number of carbonyl (C=O) groups excluding carboxylic acids is 2. The number of halogens is 1. The first-order valence-electron chi connectivity index (χ1n) is 10.5. The molecule has 6 nitrogen and oxygen atoms in total. The SMILES string of the molecule is COc1ccc2c(c1)c(C(=O)C(=O)NN1CCCCC1)c(C)n2Cc1ccc(Cl)cc1. The standard InChI is InChI=1S/C24H26ClN3O3/c1-16-22(23(29)24(30)26-27-12-4-3-5-13-27)20-14-19(31-2)10-11-21(20)28(16)15-17-6-8-18(25)9-7-17/h6-11,14H,3-5,12-13,15H2,1-2H3,(H,26,30). The highest BCUT2D eigenvalue weighted by Gasteiger charge is 2.27. The van der Waals surface area contributed by atoms with Crippen molar-refractivity contribution in [2.24, 2.45) is 0 Å². The maximum absolute atomic E-state index is 13.3. The zero-order valence-electron chi connectivity index (χ0n) is 17.8. The van der Waals surface area contributed by atoms with Crippen LogP contribution in [-0.4, -0.2) is 41.5 Å². The van der Waals surface area contributed by atoms with Crippen LogP contribution >= 0.6 is 11.6 Å². The molecule has 0 aliphatic carbocycles. The van der Waals surface area contributed by atoms with Gasteiger partial charge in [-0.15, -0.1) is 0 Å². The van der Waals surface area contributed by atoms with Crippen LogP contribution < -0.4 is 10.2 Å². The number of fused-ring (bicyclic) bond motifs is 1. The number of hydrogen-bond acceptors (Lipinski definition) is 4. The van der Waals surface area contributed by atoms with Gasteiger partial charge in [-0.1, -0.05) is 30.2 Å². The van der Waals surface area contributed by atoms with Crippen molar-refractivity contribution in [2.45, 2.75) is 32.7 Å². The van der Waals surface area contributed by atoms with Gasteiger partial charge in [0.05, 0.1) is 12.7 Å². The van der Waals surface area contributed by atoms with E-state index in [9.17, 15) is 9.59 Å². The van der Waals surface area contributed by atoms with E-state index in [-0.39, 0.29) is 0 Å². The lowest BCUT2D eigenvalue weighted by Gasteiger charge is -2.26. The van der Waals surface area contributed by atoms with Crippen molar-refractivity contribution in [3.8, 4) is 5.75 Å². The molecule has 4 rings (SSSR count). The van der Waals surface area contributed by atoms with E-state index in [4.69, 9.17) is 16.3 Å². The first-order chi connectivity index (χ1) is 15.0. The van der Waals surface area contributed by atoms with E-state index in [0.717, 1.165) is 49.1 Å². The maximum Gasteiger partial charge on any atom is 0.306 e. The Bertz CT molecular complexity index is 1120. The fourth-order valence-corrected chi connectivity index (χ4v) is 4.29. The summed E-state index contributed by atoms with van der Waals surface area (Å²) >= 11 is 6.02. The number of ether oxygens (including phenoxy) is 1. The number of rotatable bonds is 6. The zero-order chi connectivity index (χ0) is 22.0. The molecule has 1 aromatic heterocycles. The van der Waals surface area contributed by atoms with Crippen LogP contribution in [0.2, 0.25) is 5.02 Å². The Balaban J connectivity index is 1.72. The van der Waals surface area contributed by atoms with E-state index in [1.807, 2.05) is 54.4 Å². The summed E-state index contributed by atoms with van der Waals surface area (Å²) in [5.74, 6) is -0.490. The Morgan fingerprint density at radius 1 is 1.06 bits per heavy atom. The lowest BCUT2D eigenvalue weighted by atomic mass is 10.1. The van der Waals surface area contributed by atoms with Crippen molar-refractivity contribution in [1.29, 1.82) is 0 Å². The molecular formula is C24H26ClN3O3. The summed E-state index contributed by atoms with van der Waals surface area (Å²) in [6.45, 7) is 3.98. The van der Waals surface area contributed by atoms with Crippen molar-refractivity contribution >= 4 is 34.2 Å². The Kier molecular flexibility index (Phi) is 6.30. The van der Waals surface area contributed by atoms with Crippen molar-refractivity contribution in [3.05, 3.63) is 64.3 Å². The molecule has 162 valence electrons. The number of nitrogens with one attached hydrogen (secondary N) is 1. The second-order valence-electron chi connectivity index (χ2n) is 7.87. The van der Waals surface area contributed by atoms with Crippen molar-refractivity contribution in [1.82, 2.24) is 15.0 Å². The number of methoxy groups -OCH3 is 1. The zero-order valence-corrected chi connectivity index (χ0v) is 18.5. The highest BCUT2D eigenvalue weighted by molar-refractivity contribution is 6.45. The largest absolute Gasteiger partial charge is 0.497 e. The molecular weight excluding hydrogens is 414 g/mol. The molecule has 2 aromatic carbocycles. The lowest BCUT2D eigenvalue weighted by molar-refractivity contribution is -0.122. The number of amides is 1. The quantitative estimate of drug-likeness (QED) is 0.458. The molecule has 0 saturated carbocycles. The van der Waals surface area contributed by atoms with Crippen LogP contribution in [0.1, 0.15) is 40.9 Å². The van der Waals surface area contributed by atoms with Gasteiger partial charge in [0.2, 0.25) is 0 Å². The van der Waals surface area contributed by atoms with Gasteiger partial charge in [-0.25, -0.2) is 5.01 Å². The maximum atomic E-state index is 13.3. The fraction of sp³-hybridized carbons (Fsp3) is 0.333. The molecule has 0 spiro atoms. The second-order valence-corrected chi connectivity index (χ2v) is 8.31. The first kappa shape index (κ1) is 21.4. The van der Waals surface area contributed by atoms with E-state index in [1.54, 1.807) is 7.11 Å². The number of piperidine rings is 1. The number of nitrogens with zero attached hydrogens (tertiary/aromatic N) is 2. The van der Waals surface area contributed by atoms with E-state index >= 15 is 0 Å². The molecule has 0 atom stereocenters. The molecule has 1 amide bonds. The fourth-order valence-electron chi connectivity index (χ4n) is 4.16. The molecule has 1 saturated heterocycles. The minimum atomic E-state index is -0.599. The summed E-state index contributed by atoms with van der Waals surface area (Å²) in [5, 5.41) is 3.23. The lowest BCUT2D eigenvalue weighted by Crippen LogP contribution is -2.47. The summed E-state index contributed by atoms with van der Waals surface area (Å²) in [5.41, 5.74) is 5.88. The number of ketones is 1. The number of hydrogen-bond donors (Lipinski definition) is 1. The molecule has 7 heteroatoms. The molecule has 0 unspecified atom stereocenters. The average Bonchev–Trinajstić information content (AvgIpc) is 3.05. The second kappa shape index (κ2) is 9.12. The molecule has 3 aromatic rings. The monoisotopic (exact) mass is 439 g/mol. The molecule has 0 bridgehead atoms. The van der Waals surface area contributed by atoms with Gasteiger partial charge in [-0.05, 0) is 55.7 Å². The van der Waals surface area contributed by atoms with Gasteiger partial charge >= 0.3 is 5.91 Å². The van der Waals surface area contributed by atoms with E-state index in [0.29, 0.717) is 28.3 Å². The van der Waals surface area contributed by atoms with Crippen LogP contribution in [-0.2, 0) is 11.3 Å². The van der Waals surface area contributed by atoms with Crippen molar-refractivity contribution < 1.29 is 14.3 Å². The van der Waals surface area contributed by atoms with Gasteiger partial charge in [0, 0.05) is 41.3 Å². The number of Topliss-reactive ketones (excluding diaryl/α,β-unsaturated/α-hetero) is 1. The van der Waals surface area contributed by atoms with Crippen LogP contribution in [0.15, 0.2) is 42.5 Å². The predicted octanol–water partition coefficient (Wildman–Crippen LogP) is 4.36. The van der Waals surface area contributed by atoms with Crippen LogP contribution in [0, 0.1) is 6.92 Å². The molecule has 0 radical (unpaired) electrons. The van der Waals surface area contributed by atoms with E-state index in [1.165, 1.54) is 0 Å². The van der Waals surface area contributed by atoms with Crippen molar-refractivity contribution in [3.63, 3.8) is 0 Å². The van der Waals surface area contributed by atoms with E-state index in [2.05, 4.69) is 9.99 Å². The number of hydrazine groups is 1. The summed E-state index contributed by atoms with van der Waals surface area (Å²) in [6.07, 6.45) is 3.19. The third-order valence-electron chi connectivity index (χ3n) is 5.83. The molecule has 1 N–H and O–H groups in total. The minimum Gasteiger partial charge on any atom is -0.497 e. The topological polar surface area (TPSA) is 63.6 Å². The smallest absolute Gasteiger partial charge is 0.306 e. The molecule has 1 aliphatic heterocycles. The van der Waals surface area contributed by atoms with Crippen LogP contribution in [0.5, 0.6) is 5.75 Å². The normalized spacial score (nSPS) is 14.5. The summed E-state index contributed by atoms with van der Waals surface area (Å²) in [6, 6.07) is 13.2. The van der Waals surface area contributed by atoms with Gasteiger partial charge in [0.15, 0.2) is 0 Å². The minimum absolute atomic E-state index is 0.414. The Labute approximate surface area is 186 Å². The number of carbonyl (C=O) groups is 2. The van der Waals surface area contributed by atoms with Crippen LogP contribution in [0.25, 0.3) is 10.9 Å². The highest BCUT2D eigenvalue weighted by Crippen LogP contribution is 2.31. The van der Waals surface area contributed by atoms with Gasteiger partial charge < -0.3 is 9.30 Å². The van der Waals surface area contributed by atoms with Crippen LogP contribution in [0.4, 0.5) is 0 Å². The van der Waals surface area contributed by atoms with Crippen molar-refractivity contribution in [2.75, 3.05) is 20.2 Å². The Morgan fingerprint density at radius 3 is 2.45 bits per heavy atom. The third kappa shape index (κ3) is 4.45. The molecule has 1 aliphatic rings. The average molecular weight is 440 g/mol. The van der Waals surface area contributed by atoms with Gasteiger partial charge in [0.1, 0.15) is 5.75 Å². The number of benzene rings is 2. The van der Waals surface area contributed by atoms with Gasteiger partial charge in [0.25, 0.3) is 5.78 Å². The predicted molar refractivity (Wildman–Crippen MR) is 122 cm³/mol. The third-order valence-corrected chi connectivity index (χ3v) is 6.09. The van der Waals surface area contributed by atoms with Gasteiger partial charge in [-0.2, -0.15) is 0 Å². The Hall–Kier alpha value is -2.83. The first-order valence-corrected chi connectivity index (χ1v) is 10.9. The number of aromatic nitrogens is 1. The van der Waals surface area contributed by atoms with Gasteiger partial charge in [-0.3, -0.25) is 15.0 Å². The highest BCUT2D eigenvalue weighted by atomic mass is 35.5. The molecule has 31 heavy (non-hydrogen) atoms. The molecule has 2 heterocycles. The summed E-state index contributed by atoms with van der Waals surface area (Å²) in [7, 11) is 1.59. The van der Waals surface area contributed by atoms with E-state index < -0.39 is 11.7 Å². The summed E-state index contributed by atoms with van der Waals surface area (Å²) in [4.78, 5) is 26.1. The Morgan fingerprint density at radius 2 is 1.77 bits per heavy atom. The molecule has 1 fully saturated rings. The van der Waals surface area contributed by atoms with Crippen LogP contribution in [0.3, 0.4) is 0 Å². The summed E-state index contributed by atoms with van der Waals surface area (Å²) < 4.78 is 7.43.